The maximum absolute atomic E-state index is 10.3. The lowest BCUT2D eigenvalue weighted by atomic mass is 10.5. The molecule has 14 heavy (non-hydrogen) atoms. The van der Waals surface area contributed by atoms with Crippen molar-refractivity contribution in [3.8, 4) is 0 Å². The second-order valence-corrected chi connectivity index (χ2v) is 6.09. The van der Waals surface area contributed by atoms with Gasteiger partial charge in [-0.3, -0.25) is 14.6 Å². The molecule has 0 aromatic rings. The van der Waals surface area contributed by atoms with Crippen molar-refractivity contribution in [3.63, 3.8) is 0 Å². The molecule has 0 saturated carbocycles. The van der Waals surface area contributed by atoms with Crippen LogP contribution in [0.2, 0.25) is 0 Å². The molecule has 0 spiro atoms. The van der Waals surface area contributed by atoms with Gasteiger partial charge in [-0.25, -0.2) is 5.43 Å². The van der Waals surface area contributed by atoms with Crippen LogP contribution in [0.4, 0.5) is 0 Å². The zero-order chi connectivity index (χ0) is 11.2. The lowest BCUT2D eigenvalue weighted by molar-refractivity contribution is 0.359. The molecule has 0 heterocycles. The van der Waals surface area contributed by atoms with Gasteiger partial charge in [0.05, 0.1) is 6.16 Å². The molecular formula is C4H14N2O6P2. The second kappa shape index (κ2) is 5.95. The summed E-state index contributed by atoms with van der Waals surface area (Å²) in [5, 5.41) is 0. The van der Waals surface area contributed by atoms with E-state index in [0.717, 1.165) is 0 Å². The lowest BCUT2D eigenvalue weighted by Crippen LogP contribution is -2.33. The van der Waals surface area contributed by atoms with E-state index in [2.05, 4.69) is 10.9 Å². The molecular weight excluding hydrogens is 234 g/mol. The van der Waals surface area contributed by atoms with Crippen LogP contribution in [0, 0.1) is 0 Å². The van der Waals surface area contributed by atoms with Crippen molar-refractivity contribution < 1.29 is 28.7 Å². The monoisotopic (exact) mass is 248 g/mol. The molecule has 10 heteroatoms. The van der Waals surface area contributed by atoms with E-state index in [9.17, 15) is 9.13 Å². The molecule has 0 atom stereocenters. The first kappa shape index (κ1) is 14.2. The van der Waals surface area contributed by atoms with E-state index in [-0.39, 0.29) is 19.1 Å². The fraction of sp³-hybridized carbons (Fsp3) is 1.00. The molecule has 0 aliphatic carbocycles. The molecule has 0 aromatic carbocycles. The highest BCUT2D eigenvalue weighted by Crippen LogP contribution is 2.34. The number of hydrogen-bond acceptors (Lipinski definition) is 4. The zero-order valence-corrected chi connectivity index (χ0v) is 9.12. The van der Waals surface area contributed by atoms with Gasteiger partial charge >= 0.3 is 15.2 Å². The Morgan fingerprint density at radius 1 is 0.929 bits per heavy atom. The van der Waals surface area contributed by atoms with Crippen molar-refractivity contribution >= 4 is 15.2 Å². The van der Waals surface area contributed by atoms with E-state index in [1.54, 1.807) is 0 Å². The van der Waals surface area contributed by atoms with Gasteiger partial charge in [-0.1, -0.05) is 0 Å². The van der Waals surface area contributed by atoms with Crippen molar-refractivity contribution in [3.05, 3.63) is 0 Å². The fourth-order valence-electron chi connectivity index (χ4n) is 0.621. The van der Waals surface area contributed by atoms with Gasteiger partial charge < -0.3 is 19.6 Å². The van der Waals surface area contributed by atoms with Crippen LogP contribution >= 0.6 is 15.2 Å². The molecule has 0 unspecified atom stereocenters. The Bertz CT molecular complexity index is 220. The van der Waals surface area contributed by atoms with Crippen molar-refractivity contribution in [1.82, 2.24) is 10.9 Å². The van der Waals surface area contributed by atoms with Crippen LogP contribution in [0.5, 0.6) is 0 Å². The minimum absolute atomic E-state index is 0.221. The topological polar surface area (TPSA) is 139 Å². The minimum Gasteiger partial charge on any atom is -0.324 e. The Hall–Kier alpha value is 0.220. The molecule has 86 valence electrons. The molecule has 0 aromatic heterocycles. The van der Waals surface area contributed by atoms with E-state index in [4.69, 9.17) is 19.6 Å². The largest absolute Gasteiger partial charge is 0.340 e. The van der Waals surface area contributed by atoms with Crippen molar-refractivity contribution in [1.29, 1.82) is 0 Å². The summed E-state index contributed by atoms with van der Waals surface area (Å²) in [6, 6.07) is 0. The Balaban J connectivity index is 3.32. The van der Waals surface area contributed by atoms with Crippen molar-refractivity contribution in [2.45, 2.75) is 6.42 Å². The summed E-state index contributed by atoms with van der Waals surface area (Å²) >= 11 is 0. The van der Waals surface area contributed by atoms with Crippen LogP contribution in [0.15, 0.2) is 0 Å². The quantitative estimate of drug-likeness (QED) is 0.187. The Labute approximate surface area is 81.0 Å². The minimum atomic E-state index is -4.07. The molecule has 0 bridgehead atoms. The molecule has 0 aliphatic heterocycles. The molecule has 0 amide bonds. The van der Waals surface area contributed by atoms with Gasteiger partial charge in [-0.2, -0.15) is 0 Å². The van der Waals surface area contributed by atoms with Crippen LogP contribution in [0.3, 0.4) is 0 Å². The van der Waals surface area contributed by atoms with Gasteiger partial charge in [0, 0.05) is 6.54 Å². The molecule has 0 radical (unpaired) electrons. The maximum Gasteiger partial charge on any atom is 0.340 e. The molecule has 8 nitrogen and oxygen atoms in total. The number of hydrogen-bond donors (Lipinski definition) is 6. The molecule has 0 saturated heterocycles. The summed E-state index contributed by atoms with van der Waals surface area (Å²) in [5.41, 5.74) is 4.67. The highest BCUT2D eigenvalue weighted by molar-refractivity contribution is 7.51. The first-order valence-corrected chi connectivity index (χ1v) is 7.35. The lowest BCUT2D eigenvalue weighted by Gasteiger charge is -2.08. The Morgan fingerprint density at radius 3 is 1.93 bits per heavy atom. The van der Waals surface area contributed by atoms with Crippen LogP contribution in [0.1, 0.15) is 6.42 Å². The fourth-order valence-corrected chi connectivity index (χ4v) is 1.51. The van der Waals surface area contributed by atoms with Gasteiger partial charge in [0.2, 0.25) is 0 Å². The summed E-state index contributed by atoms with van der Waals surface area (Å²) < 4.78 is 20.6. The van der Waals surface area contributed by atoms with Gasteiger partial charge in [0.15, 0.2) is 0 Å². The summed E-state index contributed by atoms with van der Waals surface area (Å²) in [5.74, 6) is 0. The van der Waals surface area contributed by atoms with Crippen molar-refractivity contribution in [2.24, 2.45) is 0 Å². The predicted octanol–water partition coefficient (Wildman–Crippen LogP) is -1.22. The average molecular weight is 248 g/mol. The smallest absolute Gasteiger partial charge is 0.324 e. The predicted molar refractivity (Wildman–Crippen MR) is 49.6 cm³/mol. The molecule has 0 rings (SSSR count). The number of rotatable bonds is 7. The first-order valence-electron chi connectivity index (χ1n) is 3.75. The van der Waals surface area contributed by atoms with E-state index >= 15 is 0 Å². The number of hydrazine groups is 1. The highest BCUT2D eigenvalue weighted by Gasteiger charge is 2.12. The third kappa shape index (κ3) is 12.2. The van der Waals surface area contributed by atoms with Gasteiger partial charge in [0.1, 0.15) is 6.29 Å². The third-order valence-electron chi connectivity index (χ3n) is 1.16. The van der Waals surface area contributed by atoms with Crippen LogP contribution < -0.4 is 10.9 Å². The average Bonchev–Trinajstić information content (AvgIpc) is 1.92. The Kier molecular flexibility index (Phi) is 6.04. The summed E-state index contributed by atoms with van der Waals surface area (Å²) in [7, 11) is -8.04. The maximum atomic E-state index is 10.3. The Morgan fingerprint density at radius 2 is 1.50 bits per heavy atom. The zero-order valence-electron chi connectivity index (χ0n) is 7.33. The van der Waals surface area contributed by atoms with Crippen LogP contribution in [0.25, 0.3) is 0 Å². The second-order valence-electron chi connectivity index (χ2n) is 2.67. The summed E-state index contributed by atoms with van der Waals surface area (Å²) in [6.45, 7) is 0.227. The van der Waals surface area contributed by atoms with Crippen LogP contribution in [-0.4, -0.2) is 38.6 Å². The number of nitrogens with one attached hydrogen (secondary N) is 2. The third-order valence-corrected chi connectivity index (χ3v) is 2.63. The highest BCUT2D eigenvalue weighted by atomic mass is 31.2. The van der Waals surface area contributed by atoms with E-state index in [1.165, 1.54) is 0 Å². The molecule has 6 N–H and O–H groups in total. The van der Waals surface area contributed by atoms with Crippen molar-refractivity contribution in [2.75, 3.05) is 19.0 Å². The van der Waals surface area contributed by atoms with Gasteiger partial charge in [-0.15, -0.1) is 0 Å². The van der Waals surface area contributed by atoms with E-state index in [1.807, 2.05) is 0 Å². The van der Waals surface area contributed by atoms with E-state index in [0.29, 0.717) is 0 Å². The van der Waals surface area contributed by atoms with Gasteiger partial charge in [0.25, 0.3) is 0 Å². The SMILES string of the molecule is O=P(O)(O)CCCNNCP(=O)(O)O. The molecule has 0 aliphatic rings. The van der Waals surface area contributed by atoms with Crippen LogP contribution in [-0.2, 0) is 9.13 Å². The standard InChI is InChI=1S/C4H14N2O6P2/c7-13(8,9)3-1-2-5-6-4-14(10,11)12/h5-6H,1-4H2,(H2,7,8,9)(H2,10,11,12). The summed E-state index contributed by atoms with van der Waals surface area (Å²) in [6.07, 6.45) is -0.543. The van der Waals surface area contributed by atoms with Gasteiger partial charge in [-0.05, 0) is 6.42 Å². The van der Waals surface area contributed by atoms with E-state index < -0.39 is 21.5 Å². The first-order chi connectivity index (χ1) is 6.21. The molecule has 0 fully saturated rings. The normalized spacial score (nSPS) is 13.1. The summed E-state index contributed by atoms with van der Waals surface area (Å²) in [4.78, 5) is 33.7.